The number of nitrogens with zero attached hydrogens (tertiary/aromatic N) is 1. The predicted molar refractivity (Wildman–Crippen MR) is 90.5 cm³/mol. The molecule has 1 aromatic carbocycles. The molecule has 2 heterocycles. The zero-order valence-electron chi connectivity index (χ0n) is 12.7. The molecule has 0 saturated carbocycles. The van der Waals surface area contributed by atoms with Crippen LogP contribution in [-0.2, 0) is 20.7 Å². The highest BCUT2D eigenvalue weighted by molar-refractivity contribution is 7.85. The van der Waals surface area contributed by atoms with E-state index < -0.39 is 16.1 Å². The molecule has 2 N–H and O–H groups in total. The van der Waals surface area contributed by atoms with E-state index in [1.807, 2.05) is 29.3 Å². The molecule has 0 unspecified atom stereocenters. The van der Waals surface area contributed by atoms with E-state index in [0.29, 0.717) is 17.7 Å². The lowest BCUT2D eigenvalue weighted by atomic mass is 10.1. The number of hydrogen-bond donors (Lipinski definition) is 2. The van der Waals surface area contributed by atoms with Gasteiger partial charge in [-0.05, 0) is 23.8 Å². The molecule has 0 radical (unpaired) electrons. The highest BCUT2D eigenvalue weighted by Gasteiger charge is 2.14. The van der Waals surface area contributed by atoms with Crippen LogP contribution >= 0.6 is 0 Å². The lowest BCUT2D eigenvalue weighted by molar-refractivity contribution is -0.132. The van der Waals surface area contributed by atoms with Crippen molar-refractivity contribution in [1.82, 2.24) is 4.90 Å². The molecule has 0 bridgehead atoms. The third-order valence-electron chi connectivity index (χ3n) is 3.23. The van der Waals surface area contributed by atoms with Crippen molar-refractivity contribution in [2.75, 3.05) is 6.54 Å². The van der Waals surface area contributed by atoms with E-state index in [0.717, 1.165) is 5.70 Å². The number of aliphatic carboxylic acids is 1. The molecule has 0 spiro atoms. The van der Waals surface area contributed by atoms with Gasteiger partial charge in [0, 0.05) is 18.4 Å². The predicted octanol–water partition coefficient (Wildman–Crippen LogP) is 2.35. The summed E-state index contributed by atoms with van der Waals surface area (Å²) in [6, 6.07) is 8.52. The normalized spacial score (nSPS) is 15.6. The lowest BCUT2D eigenvalue weighted by Crippen LogP contribution is -2.22. The molecule has 126 valence electrons. The van der Waals surface area contributed by atoms with Gasteiger partial charge in [0.2, 0.25) is 0 Å². The molecule has 0 amide bonds. The summed E-state index contributed by atoms with van der Waals surface area (Å²) in [6.45, 7) is 0.633. The molecule has 2 aliphatic heterocycles. The Balaban J connectivity index is 0.000000177. The molecular weight excluding hydrogens is 330 g/mol. The summed E-state index contributed by atoms with van der Waals surface area (Å²) in [7, 11) is -3.88. The average Bonchev–Trinajstić information content (AvgIpc) is 2.54. The molecule has 0 saturated heterocycles. The van der Waals surface area contributed by atoms with Gasteiger partial charge in [-0.2, -0.15) is 8.42 Å². The van der Waals surface area contributed by atoms with Crippen molar-refractivity contribution < 1.29 is 22.9 Å². The number of carboxylic acid groups (broad SMARTS) is 1. The zero-order chi connectivity index (χ0) is 17.6. The van der Waals surface area contributed by atoms with Crippen LogP contribution in [0.2, 0.25) is 0 Å². The zero-order valence-corrected chi connectivity index (χ0v) is 13.6. The van der Waals surface area contributed by atoms with Crippen molar-refractivity contribution >= 4 is 16.1 Å². The Kier molecular flexibility index (Phi) is 5.73. The number of carbonyl (C=O) groups is 1. The lowest BCUT2D eigenvalue weighted by Gasteiger charge is -2.25. The number of carboxylic acids is 1. The number of fused-ring (bicyclic) bond motifs is 1. The van der Waals surface area contributed by atoms with E-state index in [2.05, 4.69) is 0 Å². The van der Waals surface area contributed by atoms with E-state index in [-0.39, 0.29) is 5.75 Å². The summed E-state index contributed by atoms with van der Waals surface area (Å²) in [6.07, 6.45) is 11.0. The van der Waals surface area contributed by atoms with E-state index in [1.54, 1.807) is 42.5 Å². The molecule has 0 atom stereocenters. The number of rotatable bonds is 3. The fraction of sp³-hybridized carbons (Fsp3) is 0.118. The smallest absolute Gasteiger partial charge is 0.335 e. The van der Waals surface area contributed by atoms with Crippen LogP contribution < -0.4 is 0 Å². The summed E-state index contributed by atoms with van der Waals surface area (Å²) >= 11 is 0. The van der Waals surface area contributed by atoms with Gasteiger partial charge in [0.1, 0.15) is 5.75 Å². The Morgan fingerprint density at radius 2 is 1.88 bits per heavy atom. The molecule has 0 aromatic heterocycles. The Labute approximate surface area is 140 Å². The van der Waals surface area contributed by atoms with Crippen LogP contribution in [0.3, 0.4) is 0 Å². The molecule has 3 rings (SSSR count). The van der Waals surface area contributed by atoms with Crippen LogP contribution in [-0.4, -0.2) is 35.5 Å². The van der Waals surface area contributed by atoms with Crippen LogP contribution in [0.25, 0.3) is 0 Å². The third-order valence-corrected chi connectivity index (χ3v) is 3.92. The SMILES string of the molecule is O=C(O)C1=CCN2C=CC=CC2=C1.O=S(=O)(O)Cc1ccccc1. The van der Waals surface area contributed by atoms with E-state index in [4.69, 9.17) is 9.66 Å². The highest BCUT2D eigenvalue weighted by atomic mass is 32.2. The van der Waals surface area contributed by atoms with Gasteiger partial charge in [0.15, 0.2) is 0 Å². The van der Waals surface area contributed by atoms with E-state index >= 15 is 0 Å². The van der Waals surface area contributed by atoms with Crippen molar-refractivity contribution in [3.63, 3.8) is 0 Å². The minimum atomic E-state index is -3.88. The fourth-order valence-corrected chi connectivity index (χ4v) is 2.75. The van der Waals surface area contributed by atoms with Crippen molar-refractivity contribution in [2.24, 2.45) is 0 Å². The van der Waals surface area contributed by atoms with Crippen molar-refractivity contribution in [3.8, 4) is 0 Å². The Morgan fingerprint density at radius 1 is 1.17 bits per heavy atom. The third kappa shape index (κ3) is 5.53. The van der Waals surface area contributed by atoms with Crippen LogP contribution in [0.4, 0.5) is 0 Å². The Hall–Kier alpha value is -2.64. The van der Waals surface area contributed by atoms with Gasteiger partial charge in [0.25, 0.3) is 10.1 Å². The van der Waals surface area contributed by atoms with Crippen molar-refractivity contribution in [1.29, 1.82) is 0 Å². The maximum Gasteiger partial charge on any atom is 0.335 e. The second-order valence-electron chi connectivity index (χ2n) is 5.10. The largest absolute Gasteiger partial charge is 0.478 e. The summed E-state index contributed by atoms with van der Waals surface area (Å²) in [5.74, 6) is -1.18. The highest BCUT2D eigenvalue weighted by Crippen LogP contribution is 2.19. The van der Waals surface area contributed by atoms with Crippen LogP contribution in [0.5, 0.6) is 0 Å². The standard InChI is InChI=1S/C10H9NO2.C7H8O3S/c12-10(13)8-4-6-11-5-2-1-3-9(11)7-8;8-11(9,10)6-7-4-2-1-3-5-7/h1-5,7H,6H2,(H,12,13);1-5H,6H2,(H,8,9,10). The first-order valence-corrected chi connectivity index (χ1v) is 8.72. The van der Waals surface area contributed by atoms with Gasteiger partial charge in [0.05, 0.1) is 5.57 Å². The summed E-state index contributed by atoms with van der Waals surface area (Å²) in [4.78, 5) is 12.6. The molecule has 0 fully saturated rings. The first-order chi connectivity index (χ1) is 11.3. The maximum absolute atomic E-state index is 10.7. The Bertz CT molecular complexity index is 820. The first kappa shape index (κ1) is 17.7. The van der Waals surface area contributed by atoms with Gasteiger partial charge in [-0.3, -0.25) is 4.55 Å². The topological polar surface area (TPSA) is 94.9 Å². The summed E-state index contributed by atoms with van der Waals surface area (Å²) in [5, 5.41) is 8.76. The van der Waals surface area contributed by atoms with Crippen LogP contribution in [0.15, 0.2) is 78.2 Å². The molecule has 2 aliphatic rings. The molecule has 7 heteroatoms. The molecular formula is C17H17NO5S. The van der Waals surface area contributed by atoms with Crippen molar-refractivity contribution in [3.05, 3.63) is 83.7 Å². The average molecular weight is 347 g/mol. The van der Waals surface area contributed by atoms with Gasteiger partial charge < -0.3 is 10.0 Å². The summed E-state index contributed by atoms with van der Waals surface area (Å²) in [5.41, 5.74) is 1.89. The first-order valence-electron chi connectivity index (χ1n) is 7.11. The number of allylic oxidation sites excluding steroid dienone is 3. The second kappa shape index (κ2) is 7.76. The molecule has 24 heavy (non-hydrogen) atoms. The molecule has 1 aromatic rings. The van der Waals surface area contributed by atoms with Crippen LogP contribution in [0, 0.1) is 0 Å². The minimum Gasteiger partial charge on any atom is -0.478 e. The quantitative estimate of drug-likeness (QED) is 0.815. The Morgan fingerprint density at radius 3 is 2.50 bits per heavy atom. The van der Waals surface area contributed by atoms with E-state index in [9.17, 15) is 13.2 Å². The van der Waals surface area contributed by atoms with Crippen molar-refractivity contribution in [2.45, 2.75) is 5.75 Å². The maximum atomic E-state index is 10.7. The van der Waals surface area contributed by atoms with E-state index in [1.165, 1.54) is 0 Å². The molecule has 6 nitrogen and oxygen atoms in total. The number of hydrogen-bond acceptors (Lipinski definition) is 4. The second-order valence-corrected chi connectivity index (χ2v) is 6.55. The van der Waals surface area contributed by atoms with Gasteiger partial charge in [-0.15, -0.1) is 0 Å². The van der Waals surface area contributed by atoms with Gasteiger partial charge in [-0.25, -0.2) is 4.79 Å². The van der Waals surface area contributed by atoms with Crippen LogP contribution in [0.1, 0.15) is 5.56 Å². The summed E-state index contributed by atoms with van der Waals surface area (Å²) < 4.78 is 29.2. The monoisotopic (exact) mass is 347 g/mol. The molecule has 0 aliphatic carbocycles. The number of benzene rings is 1. The minimum absolute atomic E-state index is 0.312. The fourth-order valence-electron chi connectivity index (χ4n) is 2.14. The van der Waals surface area contributed by atoms with Gasteiger partial charge >= 0.3 is 5.97 Å². The van der Waals surface area contributed by atoms with Gasteiger partial charge in [-0.1, -0.05) is 42.5 Å².